The lowest BCUT2D eigenvalue weighted by molar-refractivity contribution is -0.231. The highest BCUT2D eigenvalue weighted by Gasteiger charge is 2.55. The Bertz CT molecular complexity index is 1300. The number of aliphatic hydroxyl groups is 3. The summed E-state index contributed by atoms with van der Waals surface area (Å²) in [6, 6.07) is -1.26. The fourth-order valence-corrected chi connectivity index (χ4v) is 6.49. The normalized spacial score (nSPS) is 29.7. The molecule has 0 saturated carbocycles. The number of carbonyl (C=O) groups excluding carboxylic acids is 3. The standard InChI is InChI=1S/C30H48N6O11/c1-18(37)33-22-20(38)12-30(26(42)43,46-24(22)23(40)21(39)14-31-25(41)19-13-32-34(5)15-19)7-9-36-10-11-45-17-29(36)6-8-35(16-29)27(44)47-28(2,3)4/h13,15,20-24,38-40H,6-12,14,16-17H2,1-5H3,(H,31,41)(H,33,37)(H,42,43)/t20-,21+,22+,23+,24+,29-,30+/m0/s1. The molecule has 1 spiro atoms. The van der Waals surface area contributed by atoms with Crippen molar-refractivity contribution in [3.8, 4) is 0 Å². The number of aromatic nitrogens is 2. The van der Waals surface area contributed by atoms with E-state index in [0.29, 0.717) is 39.3 Å². The minimum Gasteiger partial charge on any atom is -0.479 e. The minimum absolute atomic E-state index is 0.128. The Kier molecular flexibility index (Phi) is 11.2. The molecule has 3 fully saturated rings. The summed E-state index contributed by atoms with van der Waals surface area (Å²) in [7, 11) is 1.63. The first-order valence-corrected chi connectivity index (χ1v) is 15.8. The number of aliphatic hydroxyl groups excluding tert-OH is 3. The Morgan fingerprint density at radius 3 is 2.55 bits per heavy atom. The molecule has 47 heavy (non-hydrogen) atoms. The molecule has 17 heteroatoms. The van der Waals surface area contributed by atoms with Crippen LogP contribution in [0.25, 0.3) is 0 Å². The second kappa shape index (κ2) is 14.4. The highest BCUT2D eigenvalue weighted by molar-refractivity contribution is 5.93. The van der Waals surface area contributed by atoms with Crippen molar-refractivity contribution in [2.45, 2.75) is 94.2 Å². The smallest absolute Gasteiger partial charge is 0.410 e. The number of carboxylic acid groups (broad SMARTS) is 1. The van der Waals surface area contributed by atoms with Gasteiger partial charge in [0.05, 0.1) is 48.8 Å². The number of rotatable bonds is 10. The van der Waals surface area contributed by atoms with Crippen LogP contribution in [-0.2, 0) is 30.8 Å². The number of hydrogen-bond donors (Lipinski definition) is 6. The molecule has 0 radical (unpaired) electrons. The number of nitrogens with zero attached hydrogens (tertiary/aromatic N) is 4. The Hall–Kier alpha value is -3.35. The molecule has 0 aliphatic carbocycles. The molecule has 0 aromatic carbocycles. The first-order valence-electron chi connectivity index (χ1n) is 15.8. The lowest BCUT2D eigenvalue weighted by atomic mass is 9.81. The third-order valence-corrected chi connectivity index (χ3v) is 8.91. The Morgan fingerprint density at radius 2 is 1.94 bits per heavy atom. The van der Waals surface area contributed by atoms with Crippen LogP contribution < -0.4 is 10.6 Å². The molecule has 6 N–H and O–H groups in total. The topological polar surface area (TPSA) is 225 Å². The average molecular weight is 669 g/mol. The second-order valence-corrected chi connectivity index (χ2v) is 13.7. The van der Waals surface area contributed by atoms with Crippen molar-refractivity contribution in [1.82, 2.24) is 30.2 Å². The van der Waals surface area contributed by atoms with Crippen LogP contribution in [0.15, 0.2) is 12.4 Å². The van der Waals surface area contributed by atoms with Gasteiger partial charge in [-0.05, 0) is 27.2 Å². The molecule has 3 aliphatic heterocycles. The van der Waals surface area contributed by atoms with E-state index in [9.17, 15) is 39.6 Å². The summed E-state index contributed by atoms with van der Waals surface area (Å²) in [5, 5.41) is 52.7. The van der Waals surface area contributed by atoms with Crippen molar-refractivity contribution in [1.29, 1.82) is 0 Å². The summed E-state index contributed by atoms with van der Waals surface area (Å²) in [5.74, 6) is -2.52. The molecule has 4 heterocycles. The number of carboxylic acids is 1. The average Bonchev–Trinajstić information content (AvgIpc) is 3.62. The molecule has 1 aromatic heterocycles. The van der Waals surface area contributed by atoms with Crippen molar-refractivity contribution >= 4 is 23.9 Å². The van der Waals surface area contributed by atoms with Gasteiger partial charge in [-0.1, -0.05) is 0 Å². The van der Waals surface area contributed by atoms with E-state index in [4.69, 9.17) is 14.2 Å². The van der Waals surface area contributed by atoms with Crippen LogP contribution in [0.1, 0.15) is 57.3 Å². The second-order valence-electron chi connectivity index (χ2n) is 13.7. The molecule has 3 aliphatic rings. The van der Waals surface area contributed by atoms with E-state index < -0.39 is 84.0 Å². The lowest BCUT2D eigenvalue weighted by Gasteiger charge is -2.49. The largest absolute Gasteiger partial charge is 0.479 e. The molecule has 264 valence electrons. The molecule has 0 bridgehead atoms. The summed E-state index contributed by atoms with van der Waals surface area (Å²) in [6.07, 6.45) is -4.13. The van der Waals surface area contributed by atoms with Crippen LogP contribution in [0.3, 0.4) is 0 Å². The fourth-order valence-electron chi connectivity index (χ4n) is 6.49. The predicted molar refractivity (Wildman–Crippen MR) is 163 cm³/mol. The van der Waals surface area contributed by atoms with Crippen molar-refractivity contribution in [3.05, 3.63) is 18.0 Å². The van der Waals surface area contributed by atoms with Crippen molar-refractivity contribution in [3.63, 3.8) is 0 Å². The zero-order valence-electron chi connectivity index (χ0n) is 27.5. The van der Waals surface area contributed by atoms with Gasteiger partial charge in [-0.3, -0.25) is 19.2 Å². The highest BCUT2D eigenvalue weighted by atomic mass is 16.6. The van der Waals surface area contributed by atoms with E-state index in [1.54, 1.807) is 32.7 Å². The third-order valence-electron chi connectivity index (χ3n) is 8.91. The van der Waals surface area contributed by atoms with E-state index in [-0.39, 0.29) is 18.5 Å². The third kappa shape index (κ3) is 8.58. The highest BCUT2D eigenvalue weighted by Crippen LogP contribution is 2.38. The van der Waals surface area contributed by atoms with Gasteiger partial charge in [-0.15, -0.1) is 0 Å². The summed E-state index contributed by atoms with van der Waals surface area (Å²) < 4.78 is 18.9. The van der Waals surface area contributed by atoms with E-state index >= 15 is 0 Å². The first kappa shape index (κ1) is 36.5. The van der Waals surface area contributed by atoms with Gasteiger partial charge in [-0.2, -0.15) is 5.10 Å². The van der Waals surface area contributed by atoms with Crippen LogP contribution in [0.5, 0.6) is 0 Å². The van der Waals surface area contributed by atoms with Gasteiger partial charge in [0.2, 0.25) is 5.91 Å². The van der Waals surface area contributed by atoms with Gasteiger partial charge in [0, 0.05) is 65.7 Å². The van der Waals surface area contributed by atoms with Crippen LogP contribution in [0.4, 0.5) is 4.79 Å². The summed E-state index contributed by atoms with van der Waals surface area (Å²) in [5.41, 5.74) is -3.06. The molecule has 0 unspecified atom stereocenters. The molecular weight excluding hydrogens is 620 g/mol. The van der Waals surface area contributed by atoms with Crippen LogP contribution >= 0.6 is 0 Å². The molecule has 17 nitrogen and oxygen atoms in total. The van der Waals surface area contributed by atoms with Gasteiger partial charge >= 0.3 is 12.1 Å². The van der Waals surface area contributed by atoms with Crippen molar-refractivity contribution < 1.29 is 53.8 Å². The zero-order chi connectivity index (χ0) is 34.7. The number of likely N-dealkylation sites (tertiary alicyclic amines) is 1. The van der Waals surface area contributed by atoms with Crippen molar-refractivity contribution in [2.75, 3.05) is 45.9 Å². The zero-order valence-corrected chi connectivity index (χ0v) is 27.5. The van der Waals surface area contributed by atoms with E-state index in [1.165, 1.54) is 24.0 Å². The number of amides is 3. The van der Waals surface area contributed by atoms with Gasteiger partial charge in [0.15, 0.2) is 5.60 Å². The first-order chi connectivity index (χ1) is 21.9. The molecule has 3 amide bonds. The number of ether oxygens (including phenoxy) is 3. The molecule has 7 atom stereocenters. The van der Waals surface area contributed by atoms with Gasteiger partial charge in [0.1, 0.15) is 17.8 Å². The van der Waals surface area contributed by atoms with E-state index in [1.807, 2.05) is 0 Å². The van der Waals surface area contributed by atoms with Crippen LogP contribution in [0.2, 0.25) is 0 Å². The predicted octanol–water partition coefficient (Wildman–Crippen LogP) is -1.55. The number of morpholine rings is 1. The molecule has 4 rings (SSSR count). The Morgan fingerprint density at radius 1 is 1.21 bits per heavy atom. The van der Waals surface area contributed by atoms with Crippen LogP contribution in [0, 0.1) is 0 Å². The van der Waals surface area contributed by atoms with Gasteiger partial charge in [-0.25, -0.2) is 9.59 Å². The summed E-state index contributed by atoms with van der Waals surface area (Å²) >= 11 is 0. The molecule has 1 aromatic rings. The Balaban J connectivity index is 1.50. The fraction of sp³-hybridized carbons (Fsp3) is 0.767. The minimum atomic E-state index is -2.01. The number of aryl methyl sites for hydroxylation is 1. The Labute approximate surface area is 273 Å². The maximum Gasteiger partial charge on any atom is 0.410 e. The summed E-state index contributed by atoms with van der Waals surface area (Å²) in [6.45, 7) is 8.20. The SMILES string of the molecule is CC(=O)N[C@H]1[C@H]([C@H](O)[C@H](O)CNC(=O)c2cnn(C)c2)O[C@@](CCN2CCOC[C@@]23CCN(C(=O)OC(C)(C)C)C3)(C(=O)O)C[C@@H]1O. The lowest BCUT2D eigenvalue weighted by Crippen LogP contribution is -2.68. The van der Waals surface area contributed by atoms with Gasteiger partial charge < -0.3 is 50.2 Å². The maximum absolute atomic E-state index is 12.9. The van der Waals surface area contributed by atoms with Crippen LogP contribution in [-0.4, -0.2) is 157 Å². The monoisotopic (exact) mass is 668 g/mol. The number of hydrogen-bond acceptors (Lipinski definition) is 12. The van der Waals surface area contributed by atoms with E-state index in [0.717, 1.165) is 0 Å². The van der Waals surface area contributed by atoms with Crippen molar-refractivity contribution in [2.24, 2.45) is 7.05 Å². The maximum atomic E-state index is 12.9. The molecule has 3 saturated heterocycles. The number of carbonyl (C=O) groups is 4. The number of nitrogens with one attached hydrogen (secondary N) is 2. The molecular formula is C30H48N6O11. The number of aliphatic carboxylic acids is 1. The quantitative estimate of drug-likeness (QED) is 0.166. The van der Waals surface area contributed by atoms with Gasteiger partial charge in [0.25, 0.3) is 5.91 Å². The van der Waals surface area contributed by atoms with E-state index in [2.05, 4.69) is 20.6 Å². The summed E-state index contributed by atoms with van der Waals surface area (Å²) in [4.78, 5) is 53.9.